The molecule has 0 amide bonds. The number of hydrogen-bond acceptors (Lipinski definition) is 2. The quantitative estimate of drug-likeness (QED) is 0.713. The van der Waals surface area contributed by atoms with Gasteiger partial charge in [0.1, 0.15) is 18.1 Å². The number of rotatable bonds is 4. The Balaban J connectivity index is 1.84. The molecular formula is C21H20O2. The minimum Gasteiger partial charge on any atom is -0.508 e. The molecule has 0 saturated carbocycles. The van der Waals surface area contributed by atoms with Gasteiger partial charge in [-0.1, -0.05) is 42.5 Å². The Labute approximate surface area is 137 Å². The number of phenolic OH excluding ortho intramolecular Hbond substituents is 1. The molecular weight excluding hydrogens is 284 g/mol. The summed E-state index contributed by atoms with van der Waals surface area (Å²) in [4.78, 5) is 0. The highest BCUT2D eigenvalue weighted by Gasteiger charge is 2.08. The molecule has 3 aromatic rings. The van der Waals surface area contributed by atoms with Gasteiger partial charge in [0, 0.05) is 0 Å². The second-order valence-corrected chi connectivity index (χ2v) is 5.76. The van der Waals surface area contributed by atoms with Crippen LogP contribution in [0.5, 0.6) is 11.5 Å². The maximum atomic E-state index is 9.42. The molecule has 0 aliphatic heterocycles. The summed E-state index contributed by atoms with van der Waals surface area (Å²) in [5, 5.41) is 9.42. The third-order valence-electron chi connectivity index (χ3n) is 3.89. The first-order valence-electron chi connectivity index (χ1n) is 7.71. The first-order chi connectivity index (χ1) is 11.1. The maximum absolute atomic E-state index is 9.42. The highest BCUT2D eigenvalue weighted by atomic mass is 16.5. The first-order valence-corrected chi connectivity index (χ1v) is 7.71. The summed E-state index contributed by atoms with van der Waals surface area (Å²) in [5.41, 5.74) is 5.61. The van der Waals surface area contributed by atoms with Gasteiger partial charge in [-0.2, -0.15) is 0 Å². The zero-order chi connectivity index (χ0) is 16.2. The monoisotopic (exact) mass is 304 g/mol. The van der Waals surface area contributed by atoms with Crippen molar-refractivity contribution in [1.82, 2.24) is 0 Å². The van der Waals surface area contributed by atoms with Gasteiger partial charge in [0.2, 0.25) is 0 Å². The van der Waals surface area contributed by atoms with Crippen LogP contribution in [0.2, 0.25) is 0 Å². The summed E-state index contributed by atoms with van der Waals surface area (Å²) in [5.74, 6) is 1.22. The first kappa shape index (κ1) is 15.2. The van der Waals surface area contributed by atoms with Crippen LogP contribution in [0, 0.1) is 13.8 Å². The zero-order valence-corrected chi connectivity index (χ0v) is 13.4. The fraction of sp³-hybridized carbons (Fsp3) is 0.143. The van der Waals surface area contributed by atoms with Crippen LogP contribution >= 0.6 is 0 Å². The van der Waals surface area contributed by atoms with Crippen LogP contribution in [0.25, 0.3) is 11.1 Å². The average Bonchev–Trinajstić information content (AvgIpc) is 2.55. The zero-order valence-electron chi connectivity index (χ0n) is 13.4. The molecule has 0 unspecified atom stereocenters. The second-order valence-electron chi connectivity index (χ2n) is 5.76. The average molecular weight is 304 g/mol. The van der Waals surface area contributed by atoms with Gasteiger partial charge >= 0.3 is 0 Å². The van der Waals surface area contributed by atoms with Crippen LogP contribution in [0.15, 0.2) is 66.7 Å². The Morgan fingerprint density at radius 3 is 2.00 bits per heavy atom. The van der Waals surface area contributed by atoms with E-state index in [1.54, 1.807) is 12.1 Å². The summed E-state index contributed by atoms with van der Waals surface area (Å²) < 4.78 is 6.02. The van der Waals surface area contributed by atoms with E-state index in [4.69, 9.17) is 4.74 Å². The van der Waals surface area contributed by atoms with E-state index >= 15 is 0 Å². The molecule has 2 heteroatoms. The van der Waals surface area contributed by atoms with Gasteiger partial charge in [-0.25, -0.2) is 0 Å². The second kappa shape index (κ2) is 6.57. The lowest BCUT2D eigenvalue weighted by Crippen LogP contribution is -1.99. The molecule has 0 bridgehead atoms. The highest BCUT2D eigenvalue weighted by molar-refractivity contribution is 5.67. The van der Waals surface area contributed by atoms with Gasteiger partial charge in [-0.05, 0) is 65.9 Å². The topological polar surface area (TPSA) is 29.5 Å². The van der Waals surface area contributed by atoms with E-state index in [1.165, 1.54) is 0 Å². The SMILES string of the molecule is Cc1cc(-c2ccc(O)cc2)cc(C)c1OCc1ccccc1. The molecule has 0 aliphatic rings. The molecule has 0 fully saturated rings. The Morgan fingerprint density at radius 2 is 1.39 bits per heavy atom. The van der Waals surface area contributed by atoms with Gasteiger partial charge < -0.3 is 9.84 Å². The molecule has 2 nitrogen and oxygen atoms in total. The summed E-state index contributed by atoms with van der Waals surface area (Å²) >= 11 is 0. The molecule has 0 aromatic heterocycles. The van der Waals surface area contributed by atoms with Crippen molar-refractivity contribution in [3.05, 3.63) is 83.4 Å². The van der Waals surface area contributed by atoms with Gasteiger partial charge in [-0.3, -0.25) is 0 Å². The fourth-order valence-corrected chi connectivity index (χ4v) is 2.73. The van der Waals surface area contributed by atoms with Crippen molar-refractivity contribution >= 4 is 0 Å². The summed E-state index contributed by atoms with van der Waals surface area (Å²) in [6.45, 7) is 4.70. The maximum Gasteiger partial charge on any atom is 0.125 e. The van der Waals surface area contributed by atoms with E-state index in [0.29, 0.717) is 6.61 Å². The van der Waals surface area contributed by atoms with Gasteiger partial charge in [0.25, 0.3) is 0 Å². The van der Waals surface area contributed by atoms with Crippen molar-refractivity contribution in [3.8, 4) is 22.6 Å². The predicted octanol–water partition coefficient (Wildman–Crippen LogP) is 5.26. The van der Waals surface area contributed by atoms with Crippen molar-refractivity contribution < 1.29 is 9.84 Å². The van der Waals surface area contributed by atoms with E-state index in [9.17, 15) is 5.11 Å². The van der Waals surface area contributed by atoms with Crippen molar-refractivity contribution in [2.24, 2.45) is 0 Å². The Morgan fingerprint density at radius 1 is 0.783 bits per heavy atom. The number of hydrogen-bond donors (Lipinski definition) is 1. The Hall–Kier alpha value is -2.74. The van der Waals surface area contributed by atoms with Gasteiger partial charge in [0.15, 0.2) is 0 Å². The van der Waals surface area contributed by atoms with Crippen LogP contribution in [0.1, 0.15) is 16.7 Å². The molecule has 0 atom stereocenters. The van der Waals surface area contributed by atoms with Crippen molar-refractivity contribution in [1.29, 1.82) is 0 Å². The van der Waals surface area contributed by atoms with Crippen LogP contribution in [-0.2, 0) is 6.61 Å². The number of ether oxygens (including phenoxy) is 1. The fourth-order valence-electron chi connectivity index (χ4n) is 2.73. The molecule has 0 heterocycles. The van der Waals surface area contributed by atoms with Crippen molar-refractivity contribution in [2.45, 2.75) is 20.5 Å². The number of aryl methyl sites for hydroxylation is 2. The summed E-state index contributed by atoms with van der Waals surface area (Å²) in [6, 6.07) is 21.7. The normalized spacial score (nSPS) is 10.5. The summed E-state index contributed by atoms with van der Waals surface area (Å²) in [7, 11) is 0. The van der Waals surface area contributed by atoms with Crippen LogP contribution < -0.4 is 4.74 Å². The third-order valence-corrected chi connectivity index (χ3v) is 3.89. The van der Waals surface area contributed by atoms with Gasteiger partial charge in [0.05, 0.1) is 0 Å². The van der Waals surface area contributed by atoms with E-state index in [2.05, 4.69) is 38.1 Å². The van der Waals surface area contributed by atoms with Crippen molar-refractivity contribution in [3.63, 3.8) is 0 Å². The van der Waals surface area contributed by atoms with Crippen LogP contribution in [-0.4, -0.2) is 5.11 Å². The minimum absolute atomic E-state index is 0.282. The van der Waals surface area contributed by atoms with E-state index in [1.807, 2.05) is 30.3 Å². The Bertz CT molecular complexity index is 767. The highest BCUT2D eigenvalue weighted by Crippen LogP contribution is 2.31. The molecule has 1 N–H and O–H groups in total. The van der Waals surface area contributed by atoms with Gasteiger partial charge in [-0.15, -0.1) is 0 Å². The number of phenols is 1. The lowest BCUT2D eigenvalue weighted by atomic mass is 9.99. The van der Waals surface area contributed by atoms with Crippen LogP contribution in [0.3, 0.4) is 0 Å². The molecule has 3 aromatic carbocycles. The van der Waals surface area contributed by atoms with Crippen molar-refractivity contribution in [2.75, 3.05) is 0 Å². The molecule has 23 heavy (non-hydrogen) atoms. The number of benzene rings is 3. The Kier molecular flexibility index (Phi) is 4.33. The largest absolute Gasteiger partial charge is 0.508 e. The predicted molar refractivity (Wildman–Crippen MR) is 93.8 cm³/mol. The lowest BCUT2D eigenvalue weighted by Gasteiger charge is -2.14. The number of aromatic hydroxyl groups is 1. The molecule has 116 valence electrons. The summed E-state index contributed by atoms with van der Waals surface area (Å²) in [6.07, 6.45) is 0. The minimum atomic E-state index is 0.282. The van der Waals surface area contributed by atoms with E-state index in [0.717, 1.165) is 33.6 Å². The van der Waals surface area contributed by atoms with Crippen LogP contribution in [0.4, 0.5) is 0 Å². The molecule has 3 rings (SSSR count). The standard InChI is InChI=1S/C21H20O2/c1-15-12-19(18-8-10-20(22)11-9-18)13-16(2)21(15)23-14-17-6-4-3-5-7-17/h3-13,22H,14H2,1-2H3. The van der Waals surface area contributed by atoms with E-state index in [-0.39, 0.29) is 5.75 Å². The molecule has 0 aliphatic carbocycles. The molecule has 0 spiro atoms. The lowest BCUT2D eigenvalue weighted by molar-refractivity contribution is 0.302. The van der Waals surface area contributed by atoms with E-state index < -0.39 is 0 Å². The molecule has 0 radical (unpaired) electrons. The molecule has 0 saturated heterocycles. The third kappa shape index (κ3) is 3.54. The smallest absolute Gasteiger partial charge is 0.125 e.